The number of pyridine rings is 1. The van der Waals surface area contributed by atoms with Crippen LogP contribution in [0.2, 0.25) is 0 Å². The second-order valence-electron chi connectivity index (χ2n) is 9.93. The van der Waals surface area contributed by atoms with Crippen LogP contribution >= 0.6 is 0 Å². The van der Waals surface area contributed by atoms with Gasteiger partial charge in [0.05, 0.1) is 12.6 Å². The van der Waals surface area contributed by atoms with Gasteiger partial charge >= 0.3 is 5.97 Å². The highest BCUT2D eigenvalue weighted by atomic mass is 16.5. The Morgan fingerprint density at radius 3 is 2.33 bits per heavy atom. The molecule has 3 heterocycles. The number of nitrogens with zero attached hydrogens (tertiary/aromatic N) is 3. The van der Waals surface area contributed by atoms with E-state index in [0.717, 1.165) is 42.7 Å². The smallest absolute Gasteiger partial charge is 0.342 e. The van der Waals surface area contributed by atoms with E-state index in [2.05, 4.69) is 21.8 Å². The van der Waals surface area contributed by atoms with Crippen molar-refractivity contribution in [1.29, 1.82) is 0 Å². The normalized spacial score (nSPS) is 15.5. The van der Waals surface area contributed by atoms with E-state index in [9.17, 15) is 9.90 Å². The fourth-order valence-electron chi connectivity index (χ4n) is 5.67. The van der Waals surface area contributed by atoms with Gasteiger partial charge in [-0.1, -0.05) is 54.6 Å². The number of aromatic nitrogens is 1. The van der Waals surface area contributed by atoms with Gasteiger partial charge < -0.3 is 19.2 Å². The Kier molecular flexibility index (Phi) is 6.77. The molecule has 1 aliphatic heterocycles. The van der Waals surface area contributed by atoms with Gasteiger partial charge in [0.1, 0.15) is 22.7 Å². The molecule has 1 atom stereocenters. The lowest BCUT2D eigenvalue weighted by Gasteiger charge is -2.39. The van der Waals surface area contributed by atoms with Gasteiger partial charge in [0.25, 0.3) is 0 Å². The maximum absolute atomic E-state index is 13.7. The summed E-state index contributed by atoms with van der Waals surface area (Å²) in [7, 11) is 2.12. The number of piperazine rings is 1. The summed E-state index contributed by atoms with van der Waals surface area (Å²) in [4.78, 5) is 22.6. The molecule has 0 aliphatic carbocycles. The molecule has 3 aromatic carbocycles. The average molecular weight is 522 g/mol. The predicted molar refractivity (Wildman–Crippen MR) is 152 cm³/mol. The first-order chi connectivity index (χ1) is 19.1. The number of carbonyl (C=O) groups excluding carboxylic acids is 1. The molecule has 198 valence electrons. The molecular formula is C32H31N3O4. The van der Waals surface area contributed by atoms with Crippen LogP contribution in [-0.2, 0) is 4.74 Å². The molecule has 0 bridgehead atoms. The highest BCUT2D eigenvalue weighted by Crippen LogP contribution is 2.49. The number of aromatic hydroxyl groups is 1. The summed E-state index contributed by atoms with van der Waals surface area (Å²) in [6.07, 6.45) is 3.54. The van der Waals surface area contributed by atoms with E-state index in [1.807, 2.05) is 66.7 Å². The zero-order valence-corrected chi connectivity index (χ0v) is 22.1. The van der Waals surface area contributed by atoms with Gasteiger partial charge in [-0.05, 0) is 31.7 Å². The number of phenols is 1. The minimum Gasteiger partial charge on any atom is -0.507 e. The van der Waals surface area contributed by atoms with Gasteiger partial charge in [-0.3, -0.25) is 9.88 Å². The lowest BCUT2D eigenvalue weighted by Crippen LogP contribution is -2.46. The Bertz CT molecular complexity index is 1620. The molecule has 0 amide bonds. The minimum absolute atomic E-state index is 0.143. The molecule has 39 heavy (non-hydrogen) atoms. The molecule has 1 fully saturated rings. The number of phenolic OH excluding ortho intramolecular Hbond substituents is 1. The highest BCUT2D eigenvalue weighted by Gasteiger charge is 2.35. The van der Waals surface area contributed by atoms with Crippen molar-refractivity contribution in [3.05, 3.63) is 95.8 Å². The number of hydrogen-bond acceptors (Lipinski definition) is 7. The van der Waals surface area contributed by atoms with E-state index >= 15 is 0 Å². The number of furan rings is 1. The fraction of sp³-hybridized carbons (Fsp3) is 0.250. The van der Waals surface area contributed by atoms with E-state index in [0.29, 0.717) is 33.2 Å². The zero-order valence-electron chi connectivity index (χ0n) is 22.1. The third kappa shape index (κ3) is 4.43. The van der Waals surface area contributed by atoms with Crippen LogP contribution in [0.25, 0.3) is 33.1 Å². The number of likely N-dealkylation sites (N-methyl/N-ethyl adjacent to an activating group) is 1. The number of hydrogen-bond donors (Lipinski definition) is 1. The van der Waals surface area contributed by atoms with Crippen molar-refractivity contribution < 1.29 is 19.1 Å². The van der Waals surface area contributed by atoms with Crippen LogP contribution in [0.5, 0.6) is 5.75 Å². The molecule has 1 saturated heterocycles. The monoisotopic (exact) mass is 521 g/mol. The van der Waals surface area contributed by atoms with E-state index < -0.39 is 5.97 Å². The number of benzene rings is 3. The van der Waals surface area contributed by atoms with Gasteiger partial charge in [0, 0.05) is 65.9 Å². The van der Waals surface area contributed by atoms with Crippen LogP contribution in [0.4, 0.5) is 0 Å². The second-order valence-corrected chi connectivity index (χ2v) is 9.93. The lowest BCUT2D eigenvalue weighted by molar-refractivity contribution is 0.0528. The quantitative estimate of drug-likeness (QED) is 0.280. The Labute approximate surface area is 227 Å². The van der Waals surface area contributed by atoms with Gasteiger partial charge in [-0.25, -0.2) is 4.79 Å². The van der Waals surface area contributed by atoms with Crippen molar-refractivity contribution in [2.75, 3.05) is 39.8 Å². The summed E-state index contributed by atoms with van der Waals surface area (Å²) >= 11 is 0. The van der Waals surface area contributed by atoms with Crippen molar-refractivity contribution in [2.45, 2.75) is 13.0 Å². The number of ether oxygens (including phenoxy) is 1. The van der Waals surface area contributed by atoms with E-state index in [1.165, 1.54) is 0 Å². The van der Waals surface area contributed by atoms with Crippen molar-refractivity contribution in [2.24, 2.45) is 0 Å². The second kappa shape index (κ2) is 10.5. The SMILES string of the molecule is CCOC(=O)c1c(-c2ccccc2)oc2c1c(C(c1ccncc1)N1CCN(C)CC1)c(O)c1ccccc12. The largest absolute Gasteiger partial charge is 0.507 e. The molecule has 7 heteroatoms. The molecular weight excluding hydrogens is 490 g/mol. The Morgan fingerprint density at radius 2 is 1.64 bits per heavy atom. The van der Waals surface area contributed by atoms with Crippen molar-refractivity contribution in [1.82, 2.24) is 14.8 Å². The number of rotatable bonds is 6. The predicted octanol–water partition coefficient (Wildman–Crippen LogP) is 5.87. The summed E-state index contributed by atoms with van der Waals surface area (Å²) < 4.78 is 12.2. The van der Waals surface area contributed by atoms with E-state index in [-0.39, 0.29) is 18.4 Å². The van der Waals surface area contributed by atoms with Crippen LogP contribution < -0.4 is 0 Å². The zero-order chi connectivity index (χ0) is 26.9. The van der Waals surface area contributed by atoms with Crippen molar-refractivity contribution >= 4 is 27.7 Å². The molecule has 7 nitrogen and oxygen atoms in total. The Morgan fingerprint density at radius 1 is 0.974 bits per heavy atom. The van der Waals surface area contributed by atoms with Crippen molar-refractivity contribution in [3.8, 4) is 17.1 Å². The van der Waals surface area contributed by atoms with Gasteiger partial charge in [-0.2, -0.15) is 0 Å². The molecule has 2 aromatic heterocycles. The van der Waals surface area contributed by atoms with Crippen LogP contribution in [0.15, 0.2) is 83.5 Å². The highest BCUT2D eigenvalue weighted by molar-refractivity contribution is 6.19. The summed E-state index contributed by atoms with van der Waals surface area (Å²) in [6, 6.07) is 20.9. The minimum atomic E-state index is -0.474. The summed E-state index contributed by atoms with van der Waals surface area (Å²) in [5.74, 6) is 0.107. The molecule has 5 aromatic rings. The fourth-order valence-corrected chi connectivity index (χ4v) is 5.67. The molecule has 1 N–H and O–H groups in total. The lowest BCUT2D eigenvalue weighted by atomic mass is 9.88. The Balaban J connectivity index is 1.74. The van der Waals surface area contributed by atoms with Crippen LogP contribution in [0.1, 0.15) is 34.5 Å². The van der Waals surface area contributed by atoms with Crippen molar-refractivity contribution in [3.63, 3.8) is 0 Å². The Hall–Kier alpha value is -4.20. The first kappa shape index (κ1) is 25.1. The third-order valence-electron chi connectivity index (χ3n) is 7.57. The molecule has 0 spiro atoms. The van der Waals surface area contributed by atoms with Crippen LogP contribution in [0, 0.1) is 0 Å². The first-order valence-corrected chi connectivity index (χ1v) is 13.3. The van der Waals surface area contributed by atoms with Gasteiger partial charge in [0.2, 0.25) is 0 Å². The summed E-state index contributed by atoms with van der Waals surface area (Å²) in [6.45, 7) is 5.40. The van der Waals surface area contributed by atoms with Gasteiger partial charge in [-0.15, -0.1) is 0 Å². The molecule has 0 radical (unpaired) electrons. The van der Waals surface area contributed by atoms with Crippen LogP contribution in [-0.4, -0.2) is 65.7 Å². The van der Waals surface area contributed by atoms with Gasteiger partial charge in [0.15, 0.2) is 0 Å². The number of fused-ring (bicyclic) bond motifs is 3. The number of esters is 1. The summed E-state index contributed by atoms with van der Waals surface area (Å²) in [5.41, 5.74) is 3.30. The number of carbonyl (C=O) groups is 1. The standard InChI is InChI=1S/C32H31N3O4/c1-3-38-32(37)27-25-26(28(21-13-15-33-16-14-21)35-19-17-34(2)18-20-35)29(36)23-11-7-8-12-24(23)31(25)39-30(27)22-9-5-4-6-10-22/h4-16,28,36H,3,17-20H2,1-2H3. The molecule has 1 aliphatic rings. The molecule has 6 rings (SSSR count). The van der Waals surface area contributed by atoms with E-state index in [1.54, 1.807) is 19.3 Å². The first-order valence-electron chi connectivity index (χ1n) is 13.3. The molecule has 0 saturated carbocycles. The third-order valence-corrected chi connectivity index (χ3v) is 7.57. The maximum atomic E-state index is 13.7. The maximum Gasteiger partial charge on any atom is 0.342 e. The van der Waals surface area contributed by atoms with E-state index in [4.69, 9.17) is 9.15 Å². The molecule has 1 unspecified atom stereocenters. The summed E-state index contributed by atoms with van der Waals surface area (Å²) in [5, 5.41) is 14.0. The average Bonchev–Trinajstić information content (AvgIpc) is 3.38. The topological polar surface area (TPSA) is 79.0 Å². The van der Waals surface area contributed by atoms with Crippen LogP contribution in [0.3, 0.4) is 0 Å².